The number of carbonyl (C=O) groups excluding carboxylic acids is 2. The minimum atomic E-state index is -1.22. The van der Waals surface area contributed by atoms with Gasteiger partial charge in [-0.25, -0.2) is 4.79 Å². The first-order chi connectivity index (χ1) is 12.7. The molecule has 0 radical (unpaired) electrons. The Morgan fingerprint density at radius 3 is 2.04 bits per heavy atom. The summed E-state index contributed by atoms with van der Waals surface area (Å²) in [6, 6.07) is 10.2. The molecule has 0 heterocycles. The van der Waals surface area contributed by atoms with Gasteiger partial charge >= 0.3 is 5.97 Å². The molecule has 0 saturated carbocycles. The van der Waals surface area contributed by atoms with E-state index in [2.05, 4.69) is 5.32 Å². The van der Waals surface area contributed by atoms with Crippen molar-refractivity contribution in [3.8, 4) is 0 Å². The highest BCUT2D eigenvalue weighted by atomic mass is 16.6. The van der Waals surface area contributed by atoms with Gasteiger partial charge in [0.1, 0.15) is 5.56 Å². The molecular formula is C17H15N3O7. The zero-order valence-corrected chi connectivity index (χ0v) is 14.4. The fourth-order valence-electron chi connectivity index (χ4n) is 2.23. The Morgan fingerprint density at radius 1 is 1.04 bits per heavy atom. The first-order valence-corrected chi connectivity index (χ1v) is 7.71. The van der Waals surface area contributed by atoms with Crippen LogP contribution in [-0.4, -0.2) is 27.8 Å². The summed E-state index contributed by atoms with van der Waals surface area (Å²) in [5.41, 5.74) is -1.25. The van der Waals surface area contributed by atoms with Gasteiger partial charge in [0, 0.05) is 17.8 Å². The van der Waals surface area contributed by atoms with Crippen LogP contribution >= 0.6 is 0 Å². The molecule has 0 aromatic heterocycles. The molecule has 1 amide bonds. The molecule has 0 saturated heterocycles. The van der Waals surface area contributed by atoms with Crippen LogP contribution in [0.15, 0.2) is 42.5 Å². The van der Waals surface area contributed by atoms with Crippen molar-refractivity contribution in [2.45, 2.75) is 20.0 Å². The maximum Gasteiger partial charge on any atom is 0.339 e. The highest BCUT2D eigenvalue weighted by molar-refractivity contribution is 5.97. The minimum Gasteiger partial charge on any atom is -0.449 e. The number of ether oxygens (including phenoxy) is 1. The third-order valence-corrected chi connectivity index (χ3v) is 3.68. The van der Waals surface area contributed by atoms with E-state index < -0.39 is 44.8 Å². The Morgan fingerprint density at radius 2 is 1.56 bits per heavy atom. The lowest BCUT2D eigenvalue weighted by atomic mass is 10.1. The van der Waals surface area contributed by atoms with Crippen LogP contribution in [0.3, 0.4) is 0 Å². The summed E-state index contributed by atoms with van der Waals surface area (Å²) >= 11 is 0. The molecule has 2 rings (SSSR count). The van der Waals surface area contributed by atoms with E-state index in [1.165, 1.54) is 13.8 Å². The molecule has 2 aromatic rings. The Labute approximate surface area is 153 Å². The second-order valence-corrected chi connectivity index (χ2v) is 5.56. The minimum absolute atomic E-state index is 0.184. The summed E-state index contributed by atoms with van der Waals surface area (Å²) in [6.45, 7) is 2.52. The monoisotopic (exact) mass is 373 g/mol. The molecule has 0 aliphatic rings. The van der Waals surface area contributed by atoms with E-state index in [0.29, 0.717) is 5.69 Å². The van der Waals surface area contributed by atoms with Gasteiger partial charge in [-0.3, -0.25) is 25.0 Å². The SMILES string of the molecule is Cc1c([N+](=O)[O-])cc(C(=O)O[C@H](C)C(=O)Nc2ccccc2)cc1[N+](=O)[O-]. The number of amides is 1. The van der Waals surface area contributed by atoms with Crippen molar-refractivity contribution in [3.05, 3.63) is 73.8 Å². The molecular weight excluding hydrogens is 358 g/mol. The van der Waals surface area contributed by atoms with Crippen LogP contribution in [0.4, 0.5) is 17.1 Å². The predicted octanol–water partition coefficient (Wildman–Crippen LogP) is 3.00. The lowest BCUT2D eigenvalue weighted by Gasteiger charge is -2.13. The average molecular weight is 373 g/mol. The number of hydrogen-bond acceptors (Lipinski definition) is 7. The van der Waals surface area contributed by atoms with Gasteiger partial charge in [-0.2, -0.15) is 0 Å². The third kappa shape index (κ3) is 4.63. The van der Waals surface area contributed by atoms with Gasteiger partial charge in [-0.15, -0.1) is 0 Å². The zero-order chi connectivity index (χ0) is 20.1. The van der Waals surface area contributed by atoms with E-state index in [4.69, 9.17) is 4.74 Å². The Kier molecular flexibility index (Phi) is 5.81. The molecule has 2 aromatic carbocycles. The molecule has 0 spiro atoms. The van der Waals surface area contributed by atoms with E-state index in [0.717, 1.165) is 12.1 Å². The van der Waals surface area contributed by atoms with Crippen LogP contribution in [-0.2, 0) is 9.53 Å². The summed E-state index contributed by atoms with van der Waals surface area (Å²) in [7, 11) is 0. The Hall–Kier alpha value is -3.82. The Balaban J connectivity index is 2.20. The van der Waals surface area contributed by atoms with Gasteiger partial charge in [-0.05, 0) is 26.0 Å². The highest BCUT2D eigenvalue weighted by Gasteiger charge is 2.27. The molecule has 1 N–H and O–H groups in total. The van der Waals surface area contributed by atoms with Gasteiger partial charge in [0.05, 0.1) is 15.4 Å². The Bertz CT molecular complexity index is 877. The van der Waals surface area contributed by atoms with Crippen LogP contribution in [0.5, 0.6) is 0 Å². The standard InChI is InChI=1S/C17H15N3O7/c1-10-14(19(23)24)8-12(9-15(10)20(25)26)17(22)27-11(2)16(21)18-13-6-4-3-5-7-13/h3-9,11H,1-2H3,(H,18,21)/t11-/m1/s1. The second-order valence-electron chi connectivity index (χ2n) is 5.56. The molecule has 0 unspecified atom stereocenters. The normalized spacial score (nSPS) is 11.3. The molecule has 27 heavy (non-hydrogen) atoms. The maximum atomic E-state index is 12.2. The summed E-state index contributed by atoms with van der Waals surface area (Å²) in [5.74, 6) is -1.71. The number of rotatable bonds is 6. The summed E-state index contributed by atoms with van der Waals surface area (Å²) < 4.78 is 4.98. The molecule has 0 bridgehead atoms. The maximum absolute atomic E-state index is 12.2. The number of nitro groups is 2. The number of hydrogen-bond donors (Lipinski definition) is 1. The van der Waals surface area contributed by atoms with E-state index in [9.17, 15) is 29.8 Å². The number of anilines is 1. The largest absolute Gasteiger partial charge is 0.449 e. The summed E-state index contributed by atoms with van der Waals surface area (Å²) in [4.78, 5) is 44.8. The average Bonchev–Trinajstić information content (AvgIpc) is 2.61. The zero-order valence-electron chi connectivity index (χ0n) is 14.4. The highest BCUT2D eigenvalue weighted by Crippen LogP contribution is 2.29. The molecule has 0 fully saturated rings. The van der Waals surface area contributed by atoms with Crippen molar-refractivity contribution in [2.24, 2.45) is 0 Å². The number of carbonyl (C=O) groups is 2. The van der Waals surface area contributed by atoms with Crippen LogP contribution in [0.2, 0.25) is 0 Å². The van der Waals surface area contributed by atoms with Gasteiger partial charge in [0.2, 0.25) is 0 Å². The molecule has 1 atom stereocenters. The van der Waals surface area contributed by atoms with Crippen molar-refractivity contribution in [1.29, 1.82) is 0 Å². The quantitative estimate of drug-likeness (QED) is 0.466. The number of esters is 1. The van der Waals surface area contributed by atoms with Gasteiger partial charge < -0.3 is 10.1 Å². The number of nitrogens with zero attached hydrogens (tertiary/aromatic N) is 2. The van der Waals surface area contributed by atoms with Gasteiger partial charge in [0.25, 0.3) is 17.3 Å². The van der Waals surface area contributed by atoms with Crippen molar-refractivity contribution < 1.29 is 24.2 Å². The number of nitro benzene ring substituents is 2. The van der Waals surface area contributed by atoms with Gasteiger partial charge in [-0.1, -0.05) is 18.2 Å². The lowest BCUT2D eigenvalue weighted by molar-refractivity contribution is -0.395. The molecule has 10 heteroatoms. The number of nitrogens with one attached hydrogen (secondary N) is 1. The molecule has 0 aliphatic heterocycles. The summed E-state index contributed by atoms with van der Waals surface area (Å²) in [5, 5.41) is 24.7. The van der Waals surface area contributed by atoms with E-state index >= 15 is 0 Å². The van der Waals surface area contributed by atoms with Crippen molar-refractivity contribution in [2.75, 3.05) is 5.32 Å². The topological polar surface area (TPSA) is 142 Å². The molecule has 10 nitrogen and oxygen atoms in total. The van der Waals surface area contributed by atoms with Crippen LogP contribution < -0.4 is 5.32 Å². The van der Waals surface area contributed by atoms with E-state index in [1.807, 2.05) is 0 Å². The molecule has 0 aliphatic carbocycles. The first-order valence-electron chi connectivity index (χ1n) is 7.71. The fourth-order valence-corrected chi connectivity index (χ4v) is 2.23. The van der Waals surface area contributed by atoms with Crippen LogP contribution in [0.25, 0.3) is 0 Å². The van der Waals surface area contributed by atoms with E-state index in [1.54, 1.807) is 30.3 Å². The van der Waals surface area contributed by atoms with Crippen LogP contribution in [0.1, 0.15) is 22.8 Å². The smallest absolute Gasteiger partial charge is 0.339 e. The van der Waals surface area contributed by atoms with Crippen LogP contribution in [0, 0.1) is 27.2 Å². The number of benzene rings is 2. The predicted molar refractivity (Wildman–Crippen MR) is 94.4 cm³/mol. The lowest BCUT2D eigenvalue weighted by Crippen LogP contribution is -2.30. The molecule has 140 valence electrons. The third-order valence-electron chi connectivity index (χ3n) is 3.68. The fraction of sp³-hybridized carbons (Fsp3) is 0.176. The van der Waals surface area contributed by atoms with Crippen molar-refractivity contribution in [3.63, 3.8) is 0 Å². The van der Waals surface area contributed by atoms with E-state index in [-0.39, 0.29) is 5.56 Å². The van der Waals surface area contributed by atoms with Gasteiger partial charge in [0.15, 0.2) is 6.10 Å². The van der Waals surface area contributed by atoms with Crippen molar-refractivity contribution in [1.82, 2.24) is 0 Å². The summed E-state index contributed by atoms with van der Waals surface area (Å²) in [6.07, 6.45) is -1.22. The van der Waals surface area contributed by atoms with Crippen molar-refractivity contribution >= 4 is 28.9 Å². The first kappa shape index (κ1) is 19.5. The second kappa shape index (κ2) is 8.04. The number of para-hydroxylation sites is 1.